The highest BCUT2D eigenvalue weighted by Gasteiger charge is 2.20. The number of aliphatic imine (C=N–C) groups is 1. The molecule has 4 heteroatoms. The number of benzene rings is 2. The summed E-state index contributed by atoms with van der Waals surface area (Å²) < 4.78 is 27.8. The average Bonchev–Trinajstić information content (AvgIpc) is 2.74. The van der Waals surface area contributed by atoms with E-state index in [0.717, 1.165) is 30.0 Å². The molecule has 1 fully saturated rings. The molecule has 1 saturated carbocycles. The molecule has 0 aromatic heterocycles. The fourth-order valence-corrected chi connectivity index (χ4v) is 3.84. The van der Waals surface area contributed by atoms with Crippen LogP contribution < -0.4 is 0 Å². The van der Waals surface area contributed by atoms with Crippen molar-refractivity contribution in [3.63, 3.8) is 0 Å². The molecular weight excluding hydrogens is 384 g/mol. The number of allylic oxidation sites excluding steroid dienone is 2. The lowest BCUT2D eigenvalue weighted by atomic mass is 9.78. The zero-order chi connectivity index (χ0) is 20.6. The summed E-state index contributed by atoms with van der Waals surface area (Å²) in [5, 5.41) is 1.98. The lowest BCUT2D eigenvalue weighted by molar-refractivity contribution is 0.375. The standard InChI is InChI=1S/C25H23F2NS/c1-2-3-4-18-7-11-21(12-8-18)22-13-9-19(10-14-22)5-6-20-15-23(26)25(28-17-29)24(27)16-20/h3-4,9-10,13-16,18,21H,2,7-8,11-12H2,1H3/b4-3+. The van der Waals surface area contributed by atoms with Crippen molar-refractivity contribution in [2.24, 2.45) is 10.9 Å². The van der Waals surface area contributed by atoms with Gasteiger partial charge in [0.1, 0.15) is 5.69 Å². The van der Waals surface area contributed by atoms with Crippen molar-refractivity contribution in [3.8, 4) is 11.8 Å². The second-order valence-corrected chi connectivity index (χ2v) is 7.49. The third kappa shape index (κ3) is 5.70. The van der Waals surface area contributed by atoms with Crippen LogP contribution in [0.1, 0.15) is 61.6 Å². The van der Waals surface area contributed by atoms with Crippen LogP contribution in [-0.2, 0) is 0 Å². The van der Waals surface area contributed by atoms with E-state index in [-0.39, 0.29) is 5.56 Å². The van der Waals surface area contributed by atoms with Gasteiger partial charge in [0, 0.05) is 11.1 Å². The second kappa shape index (κ2) is 10.3. The van der Waals surface area contributed by atoms with Crippen molar-refractivity contribution in [1.82, 2.24) is 0 Å². The zero-order valence-corrected chi connectivity index (χ0v) is 17.2. The Kier molecular flexibility index (Phi) is 7.47. The molecule has 0 radical (unpaired) electrons. The Bertz CT molecular complexity index is 961. The Morgan fingerprint density at radius 2 is 1.62 bits per heavy atom. The van der Waals surface area contributed by atoms with Crippen molar-refractivity contribution in [1.29, 1.82) is 0 Å². The van der Waals surface area contributed by atoms with Crippen molar-refractivity contribution < 1.29 is 8.78 Å². The normalized spacial score (nSPS) is 18.7. The minimum Gasteiger partial charge on any atom is -0.204 e. The predicted octanol–water partition coefficient (Wildman–Crippen LogP) is 7.34. The maximum Gasteiger partial charge on any atom is 0.153 e. The topological polar surface area (TPSA) is 12.4 Å². The zero-order valence-electron chi connectivity index (χ0n) is 16.4. The summed E-state index contributed by atoms with van der Waals surface area (Å²) >= 11 is 4.40. The van der Waals surface area contributed by atoms with E-state index >= 15 is 0 Å². The first-order valence-electron chi connectivity index (χ1n) is 9.96. The Morgan fingerprint density at radius 3 is 2.21 bits per heavy atom. The summed E-state index contributed by atoms with van der Waals surface area (Å²) in [5.74, 6) is 5.50. The van der Waals surface area contributed by atoms with Crippen molar-refractivity contribution in [2.75, 3.05) is 0 Å². The fraction of sp³-hybridized carbons (Fsp3) is 0.320. The van der Waals surface area contributed by atoms with E-state index in [1.807, 2.05) is 17.3 Å². The molecule has 3 rings (SSSR count). The largest absolute Gasteiger partial charge is 0.204 e. The Hall–Kier alpha value is -2.60. The Labute approximate surface area is 176 Å². The smallest absolute Gasteiger partial charge is 0.153 e. The van der Waals surface area contributed by atoms with Gasteiger partial charge in [-0.2, -0.15) is 4.99 Å². The first-order chi connectivity index (χ1) is 14.1. The first-order valence-corrected chi connectivity index (χ1v) is 10.4. The summed E-state index contributed by atoms with van der Waals surface area (Å²) in [7, 11) is 0. The van der Waals surface area contributed by atoms with Crippen LogP contribution in [0.25, 0.3) is 0 Å². The average molecular weight is 408 g/mol. The molecular formula is C25H23F2NS. The fourth-order valence-electron chi connectivity index (χ4n) is 3.75. The lowest BCUT2D eigenvalue weighted by Gasteiger charge is -2.27. The highest BCUT2D eigenvalue weighted by molar-refractivity contribution is 7.78. The van der Waals surface area contributed by atoms with Gasteiger partial charge in [0.2, 0.25) is 0 Å². The monoisotopic (exact) mass is 407 g/mol. The van der Waals surface area contributed by atoms with Crippen LogP contribution in [0.5, 0.6) is 0 Å². The minimum atomic E-state index is -0.800. The van der Waals surface area contributed by atoms with Gasteiger partial charge in [-0.1, -0.05) is 43.0 Å². The molecule has 0 atom stereocenters. The van der Waals surface area contributed by atoms with Crippen LogP contribution in [-0.4, -0.2) is 5.16 Å². The van der Waals surface area contributed by atoms with E-state index in [0.29, 0.717) is 5.92 Å². The second-order valence-electron chi connectivity index (χ2n) is 7.31. The van der Waals surface area contributed by atoms with Crippen molar-refractivity contribution in [3.05, 3.63) is 76.9 Å². The molecule has 0 heterocycles. The number of halogens is 2. The van der Waals surface area contributed by atoms with Gasteiger partial charge < -0.3 is 0 Å². The number of isothiocyanates is 1. The van der Waals surface area contributed by atoms with E-state index in [4.69, 9.17) is 0 Å². The van der Waals surface area contributed by atoms with Crippen molar-refractivity contribution in [2.45, 2.75) is 44.9 Å². The SMILES string of the molecule is CC/C=C/C1CCC(c2ccc(C#Cc3cc(F)c(N=C=S)c(F)c3)cc2)CC1. The molecule has 148 valence electrons. The van der Waals surface area contributed by atoms with Crippen LogP contribution >= 0.6 is 12.2 Å². The molecule has 0 N–H and O–H groups in total. The molecule has 1 aliphatic carbocycles. The van der Waals surface area contributed by atoms with E-state index in [9.17, 15) is 8.78 Å². The van der Waals surface area contributed by atoms with Crippen LogP contribution in [0.2, 0.25) is 0 Å². The Balaban J connectivity index is 1.67. The molecule has 2 aromatic rings. The molecule has 0 aliphatic heterocycles. The maximum atomic E-state index is 13.9. The van der Waals surface area contributed by atoms with E-state index in [1.54, 1.807) is 0 Å². The third-order valence-electron chi connectivity index (χ3n) is 5.32. The van der Waals surface area contributed by atoms with Crippen LogP contribution in [0.4, 0.5) is 14.5 Å². The molecule has 1 aliphatic rings. The summed E-state index contributed by atoms with van der Waals surface area (Å²) in [4.78, 5) is 3.40. The van der Waals surface area contributed by atoms with Gasteiger partial charge in [0.25, 0.3) is 0 Å². The number of thiocarbonyl (C=S) groups is 1. The van der Waals surface area contributed by atoms with E-state index < -0.39 is 17.3 Å². The minimum absolute atomic E-state index is 0.255. The quantitative estimate of drug-likeness (QED) is 0.223. The van der Waals surface area contributed by atoms with Gasteiger partial charge in [-0.3, -0.25) is 0 Å². The molecule has 1 nitrogen and oxygen atoms in total. The van der Waals surface area contributed by atoms with E-state index in [2.05, 4.69) is 60.3 Å². The molecule has 0 spiro atoms. The van der Waals surface area contributed by atoms with Gasteiger partial charge in [-0.05, 0) is 86.0 Å². The van der Waals surface area contributed by atoms with Gasteiger partial charge in [-0.25, -0.2) is 8.78 Å². The highest BCUT2D eigenvalue weighted by atomic mass is 32.1. The summed E-state index contributed by atoms with van der Waals surface area (Å²) in [5.41, 5.74) is 1.98. The first kappa shape index (κ1) is 21.1. The lowest BCUT2D eigenvalue weighted by Crippen LogP contribution is -2.11. The van der Waals surface area contributed by atoms with E-state index in [1.165, 1.54) is 31.2 Å². The van der Waals surface area contributed by atoms with Gasteiger partial charge in [-0.15, -0.1) is 0 Å². The number of hydrogen-bond acceptors (Lipinski definition) is 2. The summed E-state index contributed by atoms with van der Waals surface area (Å²) in [6, 6.07) is 10.5. The summed E-state index contributed by atoms with van der Waals surface area (Å²) in [6.45, 7) is 2.17. The predicted molar refractivity (Wildman–Crippen MR) is 118 cm³/mol. The molecule has 0 amide bonds. The number of rotatable bonds is 4. The van der Waals surface area contributed by atoms with Crippen LogP contribution in [0.3, 0.4) is 0 Å². The van der Waals surface area contributed by atoms with Gasteiger partial charge in [0.05, 0.1) is 5.16 Å². The maximum absolute atomic E-state index is 13.9. The van der Waals surface area contributed by atoms with Crippen LogP contribution in [0, 0.1) is 29.4 Å². The third-order valence-corrected chi connectivity index (χ3v) is 5.41. The molecule has 0 saturated heterocycles. The molecule has 0 unspecified atom stereocenters. The summed E-state index contributed by atoms with van der Waals surface area (Å²) in [6.07, 6.45) is 10.6. The number of nitrogens with zero attached hydrogens (tertiary/aromatic N) is 1. The molecule has 0 bridgehead atoms. The Morgan fingerprint density at radius 1 is 1.00 bits per heavy atom. The van der Waals surface area contributed by atoms with Crippen LogP contribution in [0.15, 0.2) is 53.5 Å². The van der Waals surface area contributed by atoms with Gasteiger partial charge >= 0.3 is 0 Å². The molecule has 2 aromatic carbocycles. The van der Waals surface area contributed by atoms with Crippen molar-refractivity contribution >= 4 is 23.1 Å². The highest BCUT2D eigenvalue weighted by Crippen LogP contribution is 2.36. The van der Waals surface area contributed by atoms with Gasteiger partial charge in [0.15, 0.2) is 11.6 Å². The number of hydrogen-bond donors (Lipinski definition) is 0. The molecule has 29 heavy (non-hydrogen) atoms.